The van der Waals surface area contributed by atoms with E-state index in [1.807, 2.05) is 23.9 Å². The van der Waals surface area contributed by atoms with Crippen molar-refractivity contribution in [1.29, 1.82) is 0 Å². The van der Waals surface area contributed by atoms with Gasteiger partial charge < -0.3 is 4.74 Å². The Labute approximate surface area is 128 Å². The Bertz CT molecular complexity index is 467. The van der Waals surface area contributed by atoms with E-state index in [-0.39, 0.29) is 11.6 Å². The van der Waals surface area contributed by atoms with Crippen LogP contribution in [0.25, 0.3) is 0 Å². The molecule has 3 heterocycles. The van der Waals surface area contributed by atoms with E-state index in [2.05, 4.69) is 10.4 Å². The van der Waals surface area contributed by atoms with E-state index in [1.54, 1.807) is 6.20 Å². The minimum atomic E-state index is 0.0690. The number of hydrogen-bond donors (Lipinski definition) is 2. The highest BCUT2D eigenvalue weighted by molar-refractivity contribution is 7.99. The first-order valence-corrected chi connectivity index (χ1v) is 8.55. The second-order valence-electron chi connectivity index (χ2n) is 5.64. The predicted octanol–water partition coefficient (Wildman–Crippen LogP) is 2.54. The van der Waals surface area contributed by atoms with Crippen LogP contribution in [0.4, 0.5) is 0 Å². The fourth-order valence-corrected chi connectivity index (χ4v) is 4.89. The first-order valence-electron chi connectivity index (χ1n) is 7.02. The minimum Gasteiger partial charge on any atom is -0.374 e. The van der Waals surface area contributed by atoms with E-state index in [4.69, 9.17) is 22.2 Å². The lowest BCUT2D eigenvalue weighted by molar-refractivity contribution is -0.0854. The molecular formula is C14H20ClN3OS. The number of halogens is 1. The van der Waals surface area contributed by atoms with Gasteiger partial charge in [-0.2, -0.15) is 11.8 Å². The smallest absolute Gasteiger partial charge is 0.129 e. The summed E-state index contributed by atoms with van der Waals surface area (Å²) in [7, 11) is 0. The molecule has 0 saturated carbocycles. The molecule has 0 aromatic carbocycles. The topological polar surface area (TPSA) is 60.2 Å². The molecule has 0 bridgehead atoms. The first kappa shape index (κ1) is 14.6. The maximum absolute atomic E-state index is 6.08. The number of nitrogens with one attached hydrogen (secondary N) is 1. The number of nitrogens with zero attached hydrogens (tertiary/aromatic N) is 1. The highest BCUT2D eigenvalue weighted by atomic mass is 35.5. The Morgan fingerprint density at radius 3 is 3.20 bits per heavy atom. The summed E-state index contributed by atoms with van der Waals surface area (Å²) in [4.78, 5) is 4.04. The number of aromatic nitrogens is 1. The van der Waals surface area contributed by atoms with Crippen molar-refractivity contribution in [2.45, 2.75) is 30.9 Å². The van der Waals surface area contributed by atoms with Gasteiger partial charge in [0, 0.05) is 24.6 Å². The van der Waals surface area contributed by atoms with Gasteiger partial charge in [0.15, 0.2) is 0 Å². The van der Waals surface area contributed by atoms with Gasteiger partial charge >= 0.3 is 0 Å². The Morgan fingerprint density at radius 1 is 1.60 bits per heavy atom. The fraction of sp³-hybridized carbons (Fsp3) is 0.643. The summed E-state index contributed by atoms with van der Waals surface area (Å²) in [6.45, 7) is 0.822. The van der Waals surface area contributed by atoms with Gasteiger partial charge in [-0.15, -0.1) is 0 Å². The molecular weight excluding hydrogens is 294 g/mol. The number of rotatable bonds is 3. The van der Waals surface area contributed by atoms with Crippen molar-refractivity contribution in [3.63, 3.8) is 0 Å². The molecule has 2 aliphatic heterocycles. The third-order valence-electron chi connectivity index (χ3n) is 4.36. The van der Waals surface area contributed by atoms with Crippen molar-refractivity contribution in [3.8, 4) is 0 Å². The van der Waals surface area contributed by atoms with Gasteiger partial charge in [0.25, 0.3) is 0 Å². The van der Waals surface area contributed by atoms with Crippen LogP contribution in [0.15, 0.2) is 18.3 Å². The van der Waals surface area contributed by atoms with Crippen LogP contribution in [0.2, 0.25) is 5.15 Å². The van der Waals surface area contributed by atoms with Crippen molar-refractivity contribution >= 4 is 23.4 Å². The molecule has 0 amide bonds. The molecule has 1 aromatic heterocycles. The standard InChI is InChI=1S/C14H20ClN3OS/c15-12-7-10(1-4-17-12)13(18-16)11-2-5-19-14(8-11)3-6-20-9-14/h1,4,7,11,13,18H,2-3,5-6,8-9,16H2. The van der Waals surface area contributed by atoms with Crippen LogP contribution in [-0.2, 0) is 4.74 Å². The fourth-order valence-electron chi connectivity index (χ4n) is 3.33. The molecule has 3 unspecified atom stereocenters. The van der Waals surface area contributed by atoms with Crippen LogP contribution in [0.1, 0.15) is 30.9 Å². The molecule has 2 saturated heterocycles. The normalized spacial score (nSPS) is 31.6. The van der Waals surface area contributed by atoms with Crippen molar-refractivity contribution in [2.75, 3.05) is 18.1 Å². The molecule has 4 nitrogen and oxygen atoms in total. The first-order chi connectivity index (χ1) is 9.72. The summed E-state index contributed by atoms with van der Waals surface area (Å²) in [5.74, 6) is 8.60. The molecule has 3 N–H and O–H groups in total. The van der Waals surface area contributed by atoms with Gasteiger partial charge in [-0.3, -0.25) is 11.3 Å². The van der Waals surface area contributed by atoms with E-state index < -0.39 is 0 Å². The Balaban J connectivity index is 1.78. The van der Waals surface area contributed by atoms with E-state index in [0.717, 1.165) is 37.2 Å². The van der Waals surface area contributed by atoms with Crippen LogP contribution in [0.3, 0.4) is 0 Å². The number of pyridine rings is 1. The number of hydrazine groups is 1. The number of hydrogen-bond acceptors (Lipinski definition) is 5. The second kappa shape index (κ2) is 6.20. The van der Waals surface area contributed by atoms with Crippen molar-refractivity contribution < 1.29 is 4.74 Å². The molecule has 110 valence electrons. The molecule has 1 spiro atoms. The van der Waals surface area contributed by atoms with E-state index in [9.17, 15) is 0 Å². The van der Waals surface area contributed by atoms with Gasteiger partial charge in [0.2, 0.25) is 0 Å². The zero-order valence-electron chi connectivity index (χ0n) is 11.3. The Morgan fingerprint density at radius 2 is 2.50 bits per heavy atom. The SMILES string of the molecule is NNC(c1ccnc(Cl)c1)C1CCOC2(CCSC2)C1. The van der Waals surface area contributed by atoms with Gasteiger partial charge in [-0.1, -0.05) is 11.6 Å². The maximum atomic E-state index is 6.08. The summed E-state index contributed by atoms with van der Waals surface area (Å²) in [6, 6.07) is 4.00. The Kier molecular flexibility index (Phi) is 4.52. The van der Waals surface area contributed by atoms with Gasteiger partial charge in [-0.25, -0.2) is 4.98 Å². The lowest BCUT2D eigenvalue weighted by Gasteiger charge is -2.40. The maximum Gasteiger partial charge on any atom is 0.129 e. The van der Waals surface area contributed by atoms with Crippen LogP contribution in [0.5, 0.6) is 0 Å². The van der Waals surface area contributed by atoms with E-state index in [0.29, 0.717) is 11.1 Å². The molecule has 20 heavy (non-hydrogen) atoms. The molecule has 1 aromatic rings. The van der Waals surface area contributed by atoms with Crippen molar-refractivity contribution in [1.82, 2.24) is 10.4 Å². The lowest BCUT2D eigenvalue weighted by atomic mass is 9.79. The number of nitrogens with two attached hydrogens (primary N) is 1. The van der Waals surface area contributed by atoms with Crippen LogP contribution in [0, 0.1) is 5.92 Å². The summed E-state index contributed by atoms with van der Waals surface area (Å²) >= 11 is 7.99. The summed E-state index contributed by atoms with van der Waals surface area (Å²) in [5.41, 5.74) is 4.15. The molecule has 0 radical (unpaired) electrons. The lowest BCUT2D eigenvalue weighted by Crippen LogP contribution is -2.45. The average molecular weight is 314 g/mol. The van der Waals surface area contributed by atoms with Crippen LogP contribution in [-0.4, -0.2) is 28.7 Å². The number of ether oxygens (including phenoxy) is 1. The molecule has 0 aliphatic carbocycles. The van der Waals surface area contributed by atoms with Crippen LogP contribution < -0.4 is 11.3 Å². The average Bonchev–Trinajstić information content (AvgIpc) is 2.88. The summed E-state index contributed by atoms with van der Waals surface area (Å²) in [6.07, 6.45) is 4.99. The minimum absolute atomic E-state index is 0.0690. The van der Waals surface area contributed by atoms with Gasteiger partial charge in [0.05, 0.1) is 5.60 Å². The van der Waals surface area contributed by atoms with E-state index in [1.165, 1.54) is 5.75 Å². The van der Waals surface area contributed by atoms with E-state index >= 15 is 0 Å². The van der Waals surface area contributed by atoms with Crippen molar-refractivity contribution in [2.24, 2.45) is 11.8 Å². The highest BCUT2D eigenvalue weighted by Crippen LogP contribution is 2.43. The zero-order chi connectivity index (χ0) is 14.0. The largest absolute Gasteiger partial charge is 0.374 e. The van der Waals surface area contributed by atoms with Gasteiger partial charge in [0.1, 0.15) is 5.15 Å². The third-order valence-corrected chi connectivity index (χ3v) is 5.79. The molecule has 2 fully saturated rings. The highest BCUT2D eigenvalue weighted by Gasteiger charge is 2.42. The van der Waals surface area contributed by atoms with Gasteiger partial charge in [-0.05, 0) is 48.6 Å². The second-order valence-corrected chi connectivity index (χ2v) is 7.14. The number of thioether (sulfide) groups is 1. The van der Waals surface area contributed by atoms with Crippen LogP contribution >= 0.6 is 23.4 Å². The molecule has 3 atom stereocenters. The van der Waals surface area contributed by atoms with Crippen molar-refractivity contribution in [3.05, 3.63) is 29.0 Å². The quantitative estimate of drug-likeness (QED) is 0.510. The third kappa shape index (κ3) is 2.97. The molecule has 3 rings (SSSR count). The summed E-state index contributed by atoms with van der Waals surface area (Å²) in [5, 5.41) is 0.515. The molecule has 2 aliphatic rings. The summed E-state index contributed by atoms with van der Waals surface area (Å²) < 4.78 is 6.08. The molecule has 6 heteroatoms. The predicted molar refractivity (Wildman–Crippen MR) is 82.7 cm³/mol. The Hall–Kier alpha value is -0.330. The monoisotopic (exact) mass is 313 g/mol. The zero-order valence-corrected chi connectivity index (χ0v) is 12.9.